The second-order valence-electron chi connectivity index (χ2n) is 3.43. The van der Waals surface area contributed by atoms with Crippen LogP contribution in [0.1, 0.15) is 33.6 Å². The Morgan fingerprint density at radius 1 is 1.00 bits per heavy atom. The third-order valence-corrected chi connectivity index (χ3v) is 1.47. The first-order valence-electron chi connectivity index (χ1n) is 4.92. The first-order valence-corrected chi connectivity index (χ1v) is 4.92. The third-order valence-electron chi connectivity index (χ3n) is 1.47. The van der Waals surface area contributed by atoms with Gasteiger partial charge in [-0.1, -0.05) is 27.2 Å². The molecule has 0 aromatic rings. The highest BCUT2D eigenvalue weighted by molar-refractivity contribution is 4.39. The van der Waals surface area contributed by atoms with E-state index in [-0.39, 0.29) is 0 Å². The predicted molar refractivity (Wildman–Crippen MR) is 51.4 cm³/mol. The lowest BCUT2D eigenvalue weighted by Crippen LogP contribution is -2.08. The van der Waals surface area contributed by atoms with Gasteiger partial charge in [-0.05, 0) is 12.3 Å². The van der Waals surface area contributed by atoms with Crippen LogP contribution in [0.4, 0.5) is 0 Å². The van der Waals surface area contributed by atoms with Gasteiger partial charge in [-0.25, -0.2) is 0 Å². The molecule has 0 saturated heterocycles. The van der Waals surface area contributed by atoms with Crippen LogP contribution in [0.2, 0.25) is 0 Å². The molecule has 12 heavy (non-hydrogen) atoms. The van der Waals surface area contributed by atoms with Crippen molar-refractivity contribution in [3.8, 4) is 0 Å². The number of rotatable bonds is 8. The fourth-order valence-electron chi connectivity index (χ4n) is 0.785. The molecule has 0 saturated carbocycles. The third kappa shape index (κ3) is 9.92. The van der Waals surface area contributed by atoms with Crippen LogP contribution in [0, 0.1) is 5.92 Å². The Bertz CT molecular complexity index is 81.9. The van der Waals surface area contributed by atoms with Gasteiger partial charge in [0.05, 0.1) is 13.2 Å². The molecule has 0 atom stereocenters. The summed E-state index contributed by atoms with van der Waals surface area (Å²) in [6.07, 6.45) is 2.36. The van der Waals surface area contributed by atoms with Gasteiger partial charge in [-0.15, -0.1) is 0 Å². The SMILES string of the molecule is CCCCOCCOCC(C)C. The summed E-state index contributed by atoms with van der Waals surface area (Å²) in [6.45, 7) is 9.67. The zero-order chi connectivity index (χ0) is 9.23. The van der Waals surface area contributed by atoms with E-state index in [9.17, 15) is 0 Å². The molecule has 0 aliphatic carbocycles. The van der Waals surface area contributed by atoms with Crippen LogP contribution >= 0.6 is 0 Å². The predicted octanol–water partition coefficient (Wildman–Crippen LogP) is 2.48. The van der Waals surface area contributed by atoms with E-state index in [1.165, 1.54) is 6.42 Å². The van der Waals surface area contributed by atoms with Gasteiger partial charge in [-0.3, -0.25) is 0 Å². The summed E-state index contributed by atoms with van der Waals surface area (Å²) in [6, 6.07) is 0. The van der Waals surface area contributed by atoms with Crippen molar-refractivity contribution in [2.45, 2.75) is 33.6 Å². The summed E-state index contributed by atoms with van der Waals surface area (Å²) >= 11 is 0. The number of ether oxygens (including phenoxy) is 2. The molecule has 0 unspecified atom stereocenters. The van der Waals surface area contributed by atoms with Crippen LogP contribution in [0.3, 0.4) is 0 Å². The highest BCUT2D eigenvalue weighted by atomic mass is 16.5. The Labute approximate surface area is 76.3 Å². The monoisotopic (exact) mass is 174 g/mol. The van der Waals surface area contributed by atoms with E-state index in [1.54, 1.807) is 0 Å². The molecular formula is C10H22O2. The van der Waals surface area contributed by atoms with Crippen molar-refractivity contribution in [2.24, 2.45) is 5.92 Å². The molecule has 0 bridgehead atoms. The van der Waals surface area contributed by atoms with Gasteiger partial charge in [0.15, 0.2) is 0 Å². The summed E-state index contributed by atoms with van der Waals surface area (Å²) in [5.74, 6) is 0.626. The summed E-state index contributed by atoms with van der Waals surface area (Å²) in [5, 5.41) is 0. The smallest absolute Gasteiger partial charge is 0.0700 e. The van der Waals surface area contributed by atoms with Crippen molar-refractivity contribution in [1.82, 2.24) is 0 Å². The van der Waals surface area contributed by atoms with Crippen LogP contribution < -0.4 is 0 Å². The van der Waals surface area contributed by atoms with Crippen molar-refractivity contribution < 1.29 is 9.47 Å². The molecule has 0 heterocycles. The van der Waals surface area contributed by atoms with Crippen LogP contribution in [0.15, 0.2) is 0 Å². The standard InChI is InChI=1S/C10H22O2/c1-4-5-6-11-7-8-12-9-10(2)3/h10H,4-9H2,1-3H3. The molecule has 2 heteroatoms. The maximum absolute atomic E-state index is 5.35. The highest BCUT2D eigenvalue weighted by Gasteiger charge is 1.93. The summed E-state index contributed by atoms with van der Waals surface area (Å²) in [7, 11) is 0. The van der Waals surface area contributed by atoms with E-state index >= 15 is 0 Å². The zero-order valence-electron chi connectivity index (χ0n) is 8.64. The molecule has 74 valence electrons. The molecule has 0 aliphatic rings. The van der Waals surface area contributed by atoms with Crippen LogP contribution in [-0.4, -0.2) is 26.4 Å². The second kappa shape index (κ2) is 9.01. The Balaban J connectivity index is 2.82. The lowest BCUT2D eigenvalue weighted by atomic mass is 10.2. The van der Waals surface area contributed by atoms with Crippen LogP contribution in [0.5, 0.6) is 0 Å². The van der Waals surface area contributed by atoms with Crippen molar-refractivity contribution >= 4 is 0 Å². The number of unbranched alkanes of at least 4 members (excludes halogenated alkanes) is 1. The fourth-order valence-corrected chi connectivity index (χ4v) is 0.785. The first-order chi connectivity index (χ1) is 5.77. The van der Waals surface area contributed by atoms with E-state index in [2.05, 4.69) is 20.8 Å². The van der Waals surface area contributed by atoms with Gasteiger partial charge >= 0.3 is 0 Å². The molecule has 0 aliphatic heterocycles. The normalized spacial score (nSPS) is 11.0. The highest BCUT2D eigenvalue weighted by Crippen LogP contribution is 1.92. The van der Waals surface area contributed by atoms with Gasteiger partial charge in [-0.2, -0.15) is 0 Å². The molecule has 0 rings (SSSR count). The zero-order valence-corrected chi connectivity index (χ0v) is 8.64. The lowest BCUT2D eigenvalue weighted by molar-refractivity contribution is 0.0369. The number of hydrogen-bond acceptors (Lipinski definition) is 2. The molecule has 0 aromatic carbocycles. The van der Waals surface area contributed by atoms with E-state index in [0.717, 1.165) is 32.8 Å². The molecule has 0 radical (unpaired) electrons. The van der Waals surface area contributed by atoms with Gasteiger partial charge in [0, 0.05) is 13.2 Å². The Hall–Kier alpha value is -0.0800. The topological polar surface area (TPSA) is 18.5 Å². The maximum atomic E-state index is 5.35. The average Bonchev–Trinajstić information content (AvgIpc) is 2.02. The average molecular weight is 174 g/mol. The summed E-state index contributed by atoms with van der Waals surface area (Å²) in [5.41, 5.74) is 0. The molecule has 0 aromatic heterocycles. The Morgan fingerprint density at radius 2 is 1.67 bits per heavy atom. The minimum Gasteiger partial charge on any atom is -0.379 e. The van der Waals surface area contributed by atoms with Gasteiger partial charge in [0.25, 0.3) is 0 Å². The van der Waals surface area contributed by atoms with Gasteiger partial charge in [0.2, 0.25) is 0 Å². The van der Waals surface area contributed by atoms with E-state index in [4.69, 9.17) is 9.47 Å². The summed E-state index contributed by atoms with van der Waals surface area (Å²) < 4.78 is 10.7. The number of hydrogen-bond donors (Lipinski definition) is 0. The molecule has 0 N–H and O–H groups in total. The van der Waals surface area contributed by atoms with Crippen LogP contribution in [-0.2, 0) is 9.47 Å². The minimum atomic E-state index is 0.626. The Morgan fingerprint density at radius 3 is 2.25 bits per heavy atom. The summed E-state index contributed by atoms with van der Waals surface area (Å²) in [4.78, 5) is 0. The molecular weight excluding hydrogens is 152 g/mol. The van der Waals surface area contributed by atoms with Crippen molar-refractivity contribution in [1.29, 1.82) is 0 Å². The molecule has 2 nitrogen and oxygen atoms in total. The first kappa shape index (κ1) is 11.9. The minimum absolute atomic E-state index is 0.626. The molecule has 0 spiro atoms. The van der Waals surface area contributed by atoms with Crippen molar-refractivity contribution in [3.05, 3.63) is 0 Å². The van der Waals surface area contributed by atoms with Crippen molar-refractivity contribution in [3.63, 3.8) is 0 Å². The molecule has 0 amide bonds. The molecule has 0 fully saturated rings. The van der Waals surface area contributed by atoms with Crippen LogP contribution in [0.25, 0.3) is 0 Å². The van der Waals surface area contributed by atoms with Gasteiger partial charge in [0.1, 0.15) is 0 Å². The quantitative estimate of drug-likeness (QED) is 0.526. The second-order valence-corrected chi connectivity index (χ2v) is 3.43. The van der Waals surface area contributed by atoms with E-state index < -0.39 is 0 Å². The van der Waals surface area contributed by atoms with Gasteiger partial charge < -0.3 is 9.47 Å². The maximum Gasteiger partial charge on any atom is 0.0700 e. The van der Waals surface area contributed by atoms with E-state index in [0.29, 0.717) is 5.92 Å². The largest absolute Gasteiger partial charge is 0.379 e. The Kier molecular flexibility index (Phi) is 8.95. The fraction of sp³-hybridized carbons (Fsp3) is 1.00. The van der Waals surface area contributed by atoms with E-state index in [1.807, 2.05) is 0 Å². The lowest BCUT2D eigenvalue weighted by Gasteiger charge is -2.06. The van der Waals surface area contributed by atoms with Crippen molar-refractivity contribution in [2.75, 3.05) is 26.4 Å².